The third-order valence-corrected chi connectivity index (χ3v) is 5.12. The summed E-state index contributed by atoms with van der Waals surface area (Å²) in [6, 6.07) is 10.5. The first-order chi connectivity index (χ1) is 10.6. The van der Waals surface area contributed by atoms with Crippen LogP contribution >= 0.6 is 0 Å². The van der Waals surface area contributed by atoms with Gasteiger partial charge in [0.25, 0.3) is 0 Å². The Kier molecular flexibility index (Phi) is 4.32. The van der Waals surface area contributed by atoms with Gasteiger partial charge in [0.05, 0.1) is 0 Å². The third kappa shape index (κ3) is 2.94. The number of pyridine rings is 1. The van der Waals surface area contributed by atoms with Gasteiger partial charge in [0.1, 0.15) is 5.82 Å². The molecule has 1 aromatic heterocycles. The molecule has 0 amide bonds. The van der Waals surface area contributed by atoms with Crippen molar-refractivity contribution in [3.05, 3.63) is 36.5 Å². The van der Waals surface area contributed by atoms with Crippen molar-refractivity contribution >= 4 is 16.6 Å². The van der Waals surface area contributed by atoms with Gasteiger partial charge in [-0.05, 0) is 58.5 Å². The summed E-state index contributed by atoms with van der Waals surface area (Å²) in [6.45, 7) is 3.25. The van der Waals surface area contributed by atoms with Gasteiger partial charge in [0.2, 0.25) is 0 Å². The molecule has 0 saturated carbocycles. The number of fused-ring (bicyclic) bond motifs is 1. The van der Waals surface area contributed by atoms with E-state index in [4.69, 9.17) is 0 Å². The fourth-order valence-electron chi connectivity index (χ4n) is 3.33. The molecule has 0 atom stereocenters. The van der Waals surface area contributed by atoms with Gasteiger partial charge in [-0.15, -0.1) is 0 Å². The maximum Gasteiger partial charge on any atom is 0.133 e. The van der Waals surface area contributed by atoms with Crippen molar-refractivity contribution in [1.29, 1.82) is 0 Å². The van der Waals surface area contributed by atoms with Crippen LogP contribution in [0.3, 0.4) is 0 Å². The van der Waals surface area contributed by atoms with Gasteiger partial charge in [-0.1, -0.05) is 24.3 Å². The van der Waals surface area contributed by atoms with Crippen molar-refractivity contribution in [3.8, 4) is 0 Å². The zero-order valence-electron chi connectivity index (χ0n) is 13.8. The van der Waals surface area contributed by atoms with Crippen LogP contribution in [0.2, 0.25) is 0 Å². The quantitative estimate of drug-likeness (QED) is 0.940. The van der Waals surface area contributed by atoms with E-state index in [2.05, 4.69) is 71.6 Å². The summed E-state index contributed by atoms with van der Waals surface area (Å²) in [5.41, 5.74) is 0.213. The molecule has 2 aromatic rings. The number of aromatic nitrogens is 1. The van der Waals surface area contributed by atoms with Crippen molar-refractivity contribution in [1.82, 2.24) is 14.8 Å². The zero-order valence-corrected chi connectivity index (χ0v) is 13.8. The SMILES string of the molecule is CN1CCC(CNc2nccc3ccccc23)(N(C)C)CC1. The molecule has 1 aliphatic heterocycles. The molecule has 1 aliphatic rings. The largest absolute Gasteiger partial charge is 0.368 e. The molecule has 0 unspecified atom stereocenters. The molecule has 0 aliphatic carbocycles. The standard InChI is InChI=1S/C18H26N4/c1-21(2)18(9-12-22(3)13-10-18)14-20-17-16-7-5-4-6-15(16)8-11-19-17/h4-8,11H,9-10,12-14H2,1-3H3,(H,19,20). The van der Waals surface area contributed by atoms with E-state index in [0.717, 1.165) is 25.5 Å². The number of nitrogens with zero attached hydrogens (tertiary/aromatic N) is 3. The number of likely N-dealkylation sites (tertiary alicyclic amines) is 1. The second kappa shape index (κ2) is 6.23. The number of rotatable bonds is 4. The summed E-state index contributed by atoms with van der Waals surface area (Å²) >= 11 is 0. The minimum absolute atomic E-state index is 0.213. The van der Waals surface area contributed by atoms with E-state index in [1.807, 2.05) is 6.20 Å². The normalized spacial score (nSPS) is 18.7. The van der Waals surface area contributed by atoms with E-state index in [9.17, 15) is 0 Å². The summed E-state index contributed by atoms with van der Waals surface area (Å²) in [6.07, 6.45) is 4.27. The Morgan fingerprint density at radius 1 is 1.18 bits per heavy atom. The van der Waals surface area contributed by atoms with Crippen LogP contribution in [-0.4, -0.2) is 61.1 Å². The Hall–Kier alpha value is -1.65. The first kappa shape index (κ1) is 15.3. The fourth-order valence-corrected chi connectivity index (χ4v) is 3.33. The first-order valence-electron chi connectivity index (χ1n) is 8.04. The van der Waals surface area contributed by atoms with E-state index in [1.165, 1.54) is 23.6 Å². The van der Waals surface area contributed by atoms with Crippen LogP contribution in [0.15, 0.2) is 36.5 Å². The van der Waals surface area contributed by atoms with Crippen molar-refractivity contribution in [3.63, 3.8) is 0 Å². The molecule has 1 saturated heterocycles. The summed E-state index contributed by atoms with van der Waals surface area (Å²) in [5, 5.41) is 6.06. The average molecular weight is 298 g/mol. The molecule has 0 spiro atoms. The van der Waals surface area contributed by atoms with Gasteiger partial charge >= 0.3 is 0 Å². The van der Waals surface area contributed by atoms with Crippen molar-refractivity contribution in [2.45, 2.75) is 18.4 Å². The average Bonchev–Trinajstić information content (AvgIpc) is 2.54. The van der Waals surface area contributed by atoms with Gasteiger partial charge in [0, 0.05) is 23.7 Å². The first-order valence-corrected chi connectivity index (χ1v) is 8.04. The van der Waals surface area contributed by atoms with Crippen LogP contribution in [0.1, 0.15) is 12.8 Å². The highest BCUT2D eigenvalue weighted by Gasteiger charge is 2.35. The lowest BCUT2D eigenvalue weighted by Gasteiger charge is -2.45. The van der Waals surface area contributed by atoms with E-state index < -0.39 is 0 Å². The second-order valence-electron chi connectivity index (χ2n) is 6.66. The third-order valence-electron chi connectivity index (χ3n) is 5.12. The molecule has 4 nitrogen and oxygen atoms in total. The zero-order chi connectivity index (χ0) is 15.6. The summed E-state index contributed by atoms with van der Waals surface area (Å²) in [4.78, 5) is 9.36. The topological polar surface area (TPSA) is 31.4 Å². The monoisotopic (exact) mass is 298 g/mol. The van der Waals surface area contributed by atoms with E-state index in [-0.39, 0.29) is 5.54 Å². The smallest absolute Gasteiger partial charge is 0.133 e. The predicted octanol–water partition coefficient (Wildman–Crippen LogP) is 2.67. The van der Waals surface area contributed by atoms with Crippen LogP contribution in [-0.2, 0) is 0 Å². The molecule has 2 heterocycles. The molecule has 1 N–H and O–H groups in total. The number of hydrogen-bond acceptors (Lipinski definition) is 4. The molecule has 1 fully saturated rings. The molecule has 0 bridgehead atoms. The molecule has 118 valence electrons. The highest BCUT2D eigenvalue weighted by atomic mass is 15.2. The predicted molar refractivity (Wildman–Crippen MR) is 93.4 cm³/mol. The van der Waals surface area contributed by atoms with Crippen LogP contribution in [0.25, 0.3) is 10.8 Å². The Labute approximate surface area is 133 Å². The maximum atomic E-state index is 4.56. The van der Waals surface area contributed by atoms with E-state index >= 15 is 0 Å². The van der Waals surface area contributed by atoms with Crippen LogP contribution < -0.4 is 5.32 Å². The van der Waals surface area contributed by atoms with Crippen molar-refractivity contribution in [2.75, 3.05) is 46.1 Å². The lowest BCUT2D eigenvalue weighted by atomic mass is 9.86. The van der Waals surface area contributed by atoms with Gasteiger partial charge in [-0.2, -0.15) is 0 Å². The number of hydrogen-bond donors (Lipinski definition) is 1. The number of anilines is 1. The number of likely N-dealkylation sites (N-methyl/N-ethyl adjacent to an activating group) is 1. The highest BCUT2D eigenvalue weighted by Crippen LogP contribution is 2.28. The Morgan fingerprint density at radius 3 is 2.64 bits per heavy atom. The van der Waals surface area contributed by atoms with Crippen molar-refractivity contribution < 1.29 is 0 Å². The van der Waals surface area contributed by atoms with Crippen molar-refractivity contribution in [2.24, 2.45) is 0 Å². The molecule has 1 aromatic carbocycles. The maximum absolute atomic E-state index is 4.56. The summed E-state index contributed by atoms with van der Waals surface area (Å²) < 4.78 is 0. The van der Waals surface area contributed by atoms with Crippen LogP contribution in [0, 0.1) is 0 Å². The van der Waals surface area contributed by atoms with Gasteiger partial charge in [0.15, 0.2) is 0 Å². The fraction of sp³-hybridized carbons (Fsp3) is 0.500. The molecular weight excluding hydrogens is 272 g/mol. The van der Waals surface area contributed by atoms with Gasteiger partial charge in [-0.25, -0.2) is 4.98 Å². The molecule has 4 heteroatoms. The lowest BCUT2D eigenvalue weighted by molar-refractivity contribution is 0.0773. The molecular formula is C18H26N4. The molecule has 22 heavy (non-hydrogen) atoms. The number of nitrogens with one attached hydrogen (secondary N) is 1. The summed E-state index contributed by atoms with van der Waals surface area (Å²) in [7, 11) is 6.60. The highest BCUT2D eigenvalue weighted by molar-refractivity contribution is 5.91. The lowest BCUT2D eigenvalue weighted by Crippen LogP contribution is -2.55. The Balaban J connectivity index is 1.80. The number of piperidine rings is 1. The number of benzene rings is 1. The second-order valence-corrected chi connectivity index (χ2v) is 6.66. The molecule has 3 rings (SSSR count). The molecule has 0 radical (unpaired) electrons. The Morgan fingerprint density at radius 2 is 1.91 bits per heavy atom. The van der Waals surface area contributed by atoms with Gasteiger partial charge < -0.3 is 15.1 Å². The Bertz CT molecular complexity index is 625. The van der Waals surface area contributed by atoms with Crippen LogP contribution in [0.4, 0.5) is 5.82 Å². The minimum Gasteiger partial charge on any atom is -0.368 e. The van der Waals surface area contributed by atoms with Gasteiger partial charge in [-0.3, -0.25) is 0 Å². The minimum atomic E-state index is 0.213. The van der Waals surface area contributed by atoms with Crippen LogP contribution in [0.5, 0.6) is 0 Å². The van der Waals surface area contributed by atoms with E-state index in [1.54, 1.807) is 0 Å². The van der Waals surface area contributed by atoms with E-state index in [0.29, 0.717) is 0 Å². The summed E-state index contributed by atoms with van der Waals surface area (Å²) in [5.74, 6) is 0.998.